The topological polar surface area (TPSA) is 49.4 Å². The van der Waals surface area contributed by atoms with Gasteiger partial charge >= 0.3 is 0 Å². The minimum Gasteiger partial charge on any atom is -0.337 e. The number of hydrogen-bond acceptors (Lipinski definition) is 2. The summed E-state index contributed by atoms with van der Waals surface area (Å²) >= 11 is 0. The van der Waals surface area contributed by atoms with Gasteiger partial charge < -0.3 is 10.2 Å². The van der Waals surface area contributed by atoms with Crippen molar-refractivity contribution in [2.45, 2.75) is 38.3 Å². The van der Waals surface area contributed by atoms with Crippen LogP contribution in [0.2, 0.25) is 0 Å². The molecular weight excluding hydrogens is 252 g/mol. The summed E-state index contributed by atoms with van der Waals surface area (Å²) in [5.74, 6) is 0.506. The Hall–Kier alpha value is -1.84. The Kier molecular flexibility index (Phi) is 3.04. The summed E-state index contributed by atoms with van der Waals surface area (Å²) < 4.78 is 0. The van der Waals surface area contributed by atoms with Crippen molar-refractivity contribution in [2.24, 2.45) is 5.92 Å². The van der Waals surface area contributed by atoms with Gasteiger partial charge in [-0.2, -0.15) is 0 Å². The maximum absolute atomic E-state index is 12.8. The fourth-order valence-corrected chi connectivity index (χ4v) is 3.17. The number of carbonyl (C=O) groups is 2. The van der Waals surface area contributed by atoms with Gasteiger partial charge in [0.15, 0.2) is 0 Å². The Morgan fingerprint density at radius 3 is 2.60 bits per heavy atom. The van der Waals surface area contributed by atoms with Gasteiger partial charge in [0.2, 0.25) is 5.91 Å². The molecule has 1 aromatic carbocycles. The summed E-state index contributed by atoms with van der Waals surface area (Å²) in [5.41, 5.74) is -0.0888. The summed E-state index contributed by atoms with van der Waals surface area (Å²) in [6.07, 6.45) is 2.10. The van der Waals surface area contributed by atoms with E-state index in [9.17, 15) is 9.59 Å². The number of nitrogens with one attached hydrogen (secondary N) is 1. The van der Waals surface area contributed by atoms with Crippen molar-refractivity contribution in [1.29, 1.82) is 0 Å². The molecule has 0 bridgehead atoms. The van der Waals surface area contributed by atoms with Crippen LogP contribution in [0.5, 0.6) is 0 Å². The predicted molar refractivity (Wildman–Crippen MR) is 75.8 cm³/mol. The van der Waals surface area contributed by atoms with Crippen molar-refractivity contribution in [3.8, 4) is 0 Å². The monoisotopic (exact) mass is 272 g/mol. The second kappa shape index (κ2) is 4.62. The Balaban J connectivity index is 1.91. The first-order valence-corrected chi connectivity index (χ1v) is 7.24. The fraction of sp³-hybridized carbons (Fsp3) is 0.500. The van der Waals surface area contributed by atoms with Crippen LogP contribution in [0.4, 0.5) is 0 Å². The molecule has 2 amide bonds. The molecule has 1 saturated carbocycles. The highest BCUT2D eigenvalue weighted by molar-refractivity contribution is 5.98. The van der Waals surface area contributed by atoms with Crippen LogP contribution in [0.25, 0.3) is 0 Å². The highest BCUT2D eigenvalue weighted by atomic mass is 16.2. The summed E-state index contributed by atoms with van der Waals surface area (Å²) in [4.78, 5) is 26.7. The zero-order valence-corrected chi connectivity index (χ0v) is 11.9. The van der Waals surface area contributed by atoms with Gasteiger partial charge in [-0.3, -0.25) is 9.59 Å². The van der Waals surface area contributed by atoms with E-state index in [0.717, 1.165) is 18.4 Å². The minimum absolute atomic E-state index is 0.0178. The lowest BCUT2D eigenvalue weighted by atomic mass is 9.88. The minimum atomic E-state index is -0.933. The van der Waals surface area contributed by atoms with E-state index in [1.165, 1.54) is 0 Å². The molecule has 106 valence electrons. The van der Waals surface area contributed by atoms with Crippen LogP contribution in [-0.4, -0.2) is 29.3 Å². The van der Waals surface area contributed by atoms with E-state index < -0.39 is 5.54 Å². The van der Waals surface area contributed by atoms with Crippen LogP contribution in [-0.2, 0) is 15.1 Å². The summed E-state index contributed by atoms with van der Waals surface area (Å²) in [6, 6.07) is 9.74. The Morgan fingerprint density at radius 2 is 2.00 bits per heavy atom. The van der Waals surface area contributed by atoms with E-state index in [-0.39, 0.29) is 24.4 Å². The molecule has 3 unspecified atom stereocenters. The molecule has 1 aliphatic carbocycles. The SMILES string of the molecule is CCC1CC1N1CC(=O)NC(C)(c2ccccc2)C1=O. The Morgan fingerprint density at radius 1 is 1.30 bits per heavy atom. The second-order valence-electron chi connectivity index (χ2n) is 5.94. The lowest BCUT2D eigenvalue weighted by molar-refractivity contribution is -0.150. The molecule has 1 N–H and O–H groups in total. The number of hydrogen-bond donors (Lipinski definition) is 1. The van der Waals surface area contributed by atoms with Crippen molar-refractivity contribution in [2.75, 3.05) is 6.54 Å². The van der Waals surface area contributed by atoms with Crippen molar-refractivity contribution in [3.05, 3.63) is 35.9 Å². The number of amides is 2. The first kappa shape index (κ1) is 13.2. The molecule has 0 aromatic heterocycles. The maximum Gasteiger partial charge on any atom is 0.253 e. The average molecular weight is 272 g/mol. The molecule has 2 aliphatic rings. The van der Waals surface area contributed by atoms with E-state index in [4.69, 9.17) is 0 Å². The van der Waals surface area contributed by atoms with Gasteiger partial charge in [0, 0.05) is 6.04 Å². The number of rotatable bonds is 3. The highest BCUT2D eigenvalue weighted by Crippen LogP contribution is 2.41. The standard InChI is InChI=1S/C16H20N2O2/c1-3-11-9-13(11)18-10-14(19)17-16(2,15(18)20)12-7-5-4-6-8-12/h4-8,11,13H,3,9-10H2,1-2H3,(H,17,19). The highest BCUT2D eigenvalue weighted by Gasteiger charge is 2.51. The van der Waals surface area contributed by atoms with Gasteiger partial charge in [-0.1, -0.05) is 43.7 Å². The molecule has 3 atom stereocenters. The normalized spacial score (nSPS) is 33.0. The third-order valence-electron chi connectivity index (χ3n) is 4.55. The molecule has 0 radical (unpaired) electrons. The molecule has 1 aliphatic heterocycles. The number of piperazine rings is 1. The first-order chi connectivity index (χ1) is 9.56. The zero-order chi connectivity index (χ0) is 14.3. The first-order valence-electron chi connectivity index (χ1n) is 7.24. The summed E-state index contributed by atoms with van der Waals surface area (Å²) in [7, 11) is 0. The number of benzene rings is 1. The predicted octanol–water partition coefficient (Wildman–Crippen LogP) is 1.66. The molecule has 1 aromatic rings. The molecule has 1 heterocycles. The molecule has 4 heteroatoms. The molecule has 4 nitrogen and oxygen atoms in total. The lowest BCUT2D eigenvalue weighted by Gasteiger charge is -2.40. The summed E-state index contributed by atoms with van der Waals surface area (Å²) in [5, 5.41) is 2.87. The Labute approximate surface area is 119 Å². The largest absolute Gasteiger partial charge is 0.337 e. The molecule has 2 fully saturated rings. The van der Waals surface area contributed by atoms with Gasteiger partial charge in [0.05, 0.1) is 6.54 Å². The lowest BCUT2D eigenvalue weighted by Crippen LogP contribution is -2.63. The maximum atomic E-state index is 12.8. The van der Waals surface area contributed by atoms with Gasteiger partial charge in [-0.15, -0.1) is 0 Å². The molecular formula is C16H20N2O2. The molecule has 0 spiro atoms. The van der Waals surface area contributed by atoms with Crippen LogP contribution in [0.3, 0.4) is 0 Å². The van der Waals surface area contributed by atoms with Crippen LogP contribution >= 0.6 is 0 Å². The van der Waals surface area contributed by atoms with Gasteiger partial charge in [0.25, 0.3) is 5.91 Å². The van der Waals surface area contributed by atoms with Crippen molar-refractivity contribution in [1.82, 2.24) is 10.2 Å². The average Bonchev–Trinajstić information content (AvgIpc) is 3.23. The zero-order valence-electron chi connectivity index (χ0n) is 11.9. The number of nitrogens with zero attached hydrogens (tertiary/aromatic N) is 1. The van der Waals surface area contributed by atoms with Crippen molar-refractivity contribution >= 4 is 11.8 Å². The van der Waals surface area contributed by atoms with Crippen LogP contribution in [0.1, 0.15) is 32.3 Å². The van der Waals surface area contributed by atoms with Crippen LogP contribution in [0.15, 0.2) is 30.3 Å². The quantitative estimate of drug-likeness (QED) is 0.909. The molecule has 1 saturated heterocycles. The van der Waals surface area contributed by atoms with Crippen LogP contribution < -0.4 is 5.32 Å². The van der Waals surface area contributed by atoms with E-state index in [0.29, 0.717) is 5.92 Å². The third kappa shape index (κ3) is 1.99. The van der Waals surface area contributed by atoms with E-state index in [1.807, 2.05) is 30.3 Å². The van der Waals surface area contributed by atoms with E-state index >= 15 is 0 Å². The smallest absolute Gasteiger partial charge is 0.253 e. The van der Waals surface area contributed by atoms with E-state index in [2.05, 4.69) is 12.2 Å². The fourth-order valence-electron chi connectivity index (χ4n) is 3.17. The van der Waals surface area contributed by atoms with Crippen LogP contribution in [0, 0.1) is 5.92 Å². The summed E-state index contributed by atoms with van der Waals surface area (Å²) in [6.45, 7) is 4.13. The Bertz CT molecular complexity index is 543. The van der Waals surface area contributed by atoms with Gasteiger partial charge in [-0.05, 0) is 24.8 Å². The van der Waals surface area contributed by atoms with Crippen molar-refractivity contribution in [3.63, 3.8) is 0 Å². The molecule has 20 heavy (non-hydrogen) atoms. The second-order valence-corrected chi connectivity index (χ2v) is 5.94. The van der Waals surface area contributed by atoms with Crippen molar-refractivity contribution < 1.29 is 9.59 Å². The third-order valence-corrected chi connectivity index (χ3v) is 4.55. The molecule has 3 rings (SSSR count). The number of carbonyl (C=O) groups excluding carboxylic acids is 2. The van der Waals surface area contributed by atoms with E-state index in [1.54, 1.807) is 11.8 Å². The van der Waals surface area contributed by atoms with Gasteiger partial charge in [-0.25, -0.2) is 0 Å². The van der Waals surface area contributed by atoms with Gasteiger partial charge in [0.1, 0.15) is 5.54 Å².